The number of hydrogen-bond acceptors (Lipinski definition) is 5. The van der Waals surface area contributed by atoms with Gasteiger partial charge < -0.3 is 25.7 Å². The fraction of sp³-hybridized carbons (Fsp3) is 0.942. The van der Waals surface area contributed by atoms with Crippen LogP contribution in [0.25, 0.3) is 0 Å². The lowest BCUT2D eigenvalue weighted by Gasteiger charge is -2.27. The second-order valence-corrected chi connectivity index (χ2v) is 18.2. The van der Waals surface area contributed by atoms with E-state index in [1.165, 1.54) is 212 Å². The summed E-state index contributed by atoms with van der Waals surface area (Å²) in [6.07, 6.45) is 54.0. The molecule has 0 fully saturated rings. The third-order valence-electron chi connectivity index (χ3n) is 12.5. The summed E-state index contributed by atoms with van der Waals surface area (Å²) in [6, 6.07) is -0.985. The number of carbonyl (C=O) groups excluding carboxylic acids is 1. The fourth-order valence-corrected chi connectivity index (χ4v) is 8.34. The smallest absolute Gasteiger partial charge is 0.249 e. The summed E-state index contributed by atoms with van der Waals surface area (Å²) in [5.74, 6) is -0.584. The molecular weight excluding hydrogens is 719 g/mol. The minimum absolute atomic E-state index is 0.365. The molecule has 4 atom stereocenters. The molecule has 0 aromatic heterocycles. The maximum Gasteiger partial charge on any atom is 0.249 e. The molecule has 6 nitrogen and oxygen atoms in total. The zero-order chi connectivity index (χ0) is 42.4. The summed E-state index contributed by atoms with van der Waals surface area (Å²) in [4.78, 5) is 12.6. The first-order valence-electron chi connectivity index (χ1n) is 26.1. The van der Waals surface area contributed by atoms with Gasteiger partial charge in [0.15, 0.2) is 0 Å². The van der Waals surface area contributed by atoms with Crippen molar-refractivity contribution < 1.29 is 25.2 Å². The summed E-state index contributed by atoms with van der Waals surface area (Å²) in [5.41, 5.74) is 0. The Hall–Kier alpha value is -0.950. The maximum atomic E-state index is 12.6. The van der Waals surface area contributed by atoms with Gasteiger partial charge in [0, 0.05) is 0 Å². The molecule has 0 aromatic rings. The van der Waals surface area contributed by atoms with Crippen molar-refractivity contribution in [3.8, 4) is 0 Å². The first-order valence-corrected chi connectivity index (χ1v) is 26.1. The van der Waals surface area contributed by atoms with Crippen LogP contribution in [-0.2, 0) is 4.79 Å². The van der Waals surface area contributed by atoms with Gasteiger partial charge in [0.05, 0.1) is 18.8 Å². The van der Waals surface area contributed by atoms with E-state index in [9.17, 15) is 25.2 Å². The predicted molar refractivity (Wildman–Crippen MR) is 251 cm³/mol. The van der Waals surface area contributed by atoms with Crippen LogP contribution in [0.15, 0.2) is 12.2 Å². The number of unbranched alkanes of at least 4 members (excludes halogenated alkanes) is 37. The van der Waals surface area contributed by atoms with Gasteiger partial charge in [0.25, 0.3) is 0 Å². The molecule has 0 bridgehead atoms. The molecule has 0 aliphatic rings. The molecule has 58 heavy (non-hydrogen) atoms. The number of carbonyl (C=O) groups is 1. The van der Waals surface area contributed by atoms with Crippen molar-refractivity contribution >= 4 is 5.91 Å². The van der Waals surface area contributed by atoms with Crippen LogP contribution in [0.5, 0.6) is 0 Å². The number of amides is 1. The van der Waals surface area contributed by atoms with Gasteiger partial charge in [-0.15, -0.1) is 0 Å². The van der Waals surface area contributed by atoms with E-state index in [2.05, 4.69) is 31.3 Å². The SMILES string of the molecule is CCCCCCCCCCCCC/C=C\CCCCCCCCC(O)C(=O)NC(CO)C(O)C(O)CCCCCCCCCCCCCCCCCCCCCCC. The number of aliphatic hydroxyl groups is 4. The van der Waals surface area contributed by atoms with Crippen LogP contribution >= 0.6 is 0 Å². The van der Waals surface area contributed by atoms with Crippen molar-refractivity contribution in [1.82, 2.24) is 5.32 Å². The number of aliphatic hydroxyl groups excluding tert-OH is 4. The van der Waals surface area contributed by atoms with Gasteiger partial charge in [0.2, 0.25) is 5.91 Å². The van der Waals surface area contributed by atoms with Crippen molar-refractivity contribution in [2.45, 2.75) is 308 Å². The van der Waals surface area contributed by atoms with E-state index in [0.29, 0.717) is 12.8 Å². The Bertz CT molecular complexity index is 837. The highest BCUT2D eigenvalue weighted by Gasteiger charge is 2.28. The fourth-order valence-electron chi connectivity index (χ4n) is 8.34. The van der Waals surface area contributed by atoms with Crippen LogP contribution in [-0.4, -0.2) is 57.3 Å². The normalized spacial score (nSPS) is 14.0. The van der Waals surface area contributed by atoms with Gasteiger partial charge in [0.1, 0.15) is 12.2 Å². The van der Waals surface area contributed by atoms with Crippen molar-refractivity contribution in [1.29, 1.82) is 0 Å². The largest absolute Gasteiger partial charge is 0.394 e. The molecule has 0 aliphatic heterocycles. The molecule has 0 saturated carbocycles. The molecule has 4 unspecified atom stereocenters. The Balaban J connectivity index is 3.66. The highest BCUT2D eigenvalue weighted by molar-refractivity contribution is 5.80. The van der Waals surface area contributed by atoms with Gasteiger partial charge >= 0.3 is 0 Å². The molecular formula is C52H103NO5. The van der Waals surface area contributed by atoms with Crippen LogP contribution in [0, 0.1) is 0 Å². The van der Waals surface area contributed by atoms with Gasteiger partial charge in [-0.05, 0) is 38.5 Å². The molecule has 0 rings (SSSR count). The first-order chi connectivity index (χ1) is 28.5. The Labute approximate surface area is 362 Å². The lowest BCUT2D eigenvalue weighted by atomic mass is 9.99. The third-order valence-corrected chi connectivity index (χ3v) is 12.5. The average molecular weight is 822 g/mol. The molecule has 346 valence electrons. The maximum absolute atomic E-state index is 12.6. The number of nitrogens with one attached hydrogen (secondary N) is 1. The molecule has 6 heteroatoms. The van der Waals surface area contributed by atoms with Crippen molar-refractivity contribution in [2.24, 2.45) is 0 Å². The summed E-state index contributed by atoms with van der Waals surface area (Å²) >= 11 is 0. The summed E-state index contributed by atoms with van der Waals surface area (Å²) in [7, 11) is 0. The number of allylic oxidation sites excluding steroid dienone is 2. The van der Waals surface area contributed by atoms with E-state index in [-0.39, 0.29) is 0 Å². The van der Waals surface area contributed by atoms with Crippen LogP contribution < -0.4 is 5.32 Å². The van der Waals surface area contributed by atoms with Gasteiger partial charge in [-0.3, -0.25) is 4.79 Å². The zero-order valence-corrected chi connectivity index (χ0v) is 39.1. The Morgan fingerprint density at radius 1 is 0.414 bits per heavy atom. The van der Waals surface area contributed by atoms with Crippen LogP contribution in [0.4, 0.5) is 0 Å². The molecule has 5 N–H and O–H groups in total. The van der Waals surface area contributed by atoms with E-state index >= 15 is 0 Å². The lowest BCUT2D eigenvalue weighted by molar-refractivity contribution is -0.132. The monoisotopic (exact) mass is 822 g/mol. The van der Waals surface area contributed by atoms with Gasteiger partial charge in [-0.1, -0.05) is 257 Å². The molecule has 0 heterocycles. The molecule has 0 radical (unpaired) electrons. The van der Waals surface area contributed by atoms with E-state index in [1.807, 2.05) is 0 Å². The standard InChI is InChI=1S/C52H103NO5/c1-3-5-7-9-11-13-15-17-19-21-23-25-27-29-31-33-35-37-39-41-43-45-49(55)51(57)48(47-54)53-52(58)50(56)46-44-42-40-38-36-34-32-30-28-26-24-22-20-18-16-14-12-10-8-6-4-2/h28,30,48-51,54-57H,3-27,29,31-47H2,1-2H3,(H,53,58)/b30-28-. The van der Waals surface area contributed by atoms with E-state index in [1.54, 1.807) is 0 Å². The zero-order valence-electron chi connectivity index (χ0n) is 39.1. The van der Waals surface area contributed by atoms with E-state index in [0.717, 1.165) is 44.9 Å². The van der Waals surface area contributed by atoms with Crippen LogP contribution in [0.1, 0.15) is 284 Å². The first kappa shape index (κ1) is 57.1. The lowest BCUT2D eigenvalue weighted by Crippen LogP contribution is -2.53. The molecule has 0 aliphatic carbocycles. The van der Waals surface area contributed by atoms with E-state index < -0.39 is 36.9 Å². The number of rotatable bonds is 48. The van der Waals surface area contributed by atoms with Gasteiger partial charge in [-0.25, -0.2) is 0 Å². The summed E-state index contributed by atoms with van der Waals surface area (Å²) in [6.45, 7) is 4.08. The highest BCUT2D eigenvalue weighted by Crippen LogP contribution is 2.18. The topological polar surface area (TPSA) is 110 Å². The quantitative estimate of drug-likeness (QED) is 0.0310. The third kappa shape index (κ3) is 40.5. The van der Waals surface area contributed by atoms with Crippen LogP contribution in [0.3, 0.4) is 0 Å². The Kier molecular flexibility index (Phi) is 46.3. The van der Waals surface area contributed by atoms with Gasteiger partial charge in [-0.2, -0.15) is 0 Å². The predicted octanol–water partition coefficient (Wildman–Crippen LogP) is 14.5. The minimum Gasteiger partial charge on any atom is -0.394 e. The second kappa shape index (κ2) is 47.1. The second-order valence-electron chi connectivity index (χ2n) is 18.2. The Morgan fingerprint density at radius 2 is 0.690 bits per heavy atom. The summed E-state index contributed by atoms with van der Waals surface area (Å²) in [5, 5.41) is 43.9. The molecule has 1 amide bonds. The minimum atomic E-state index is -1.26. The van der Waals surface area contributed by atoms with Crippen LogP contribution in [0.2, 0.25) is 0 Å². The Morgan fingerprint density at radius 3 is 1.00 bits per heavy atom. The van der Waals surface area contributed by atoms with E-state index in [4.69, 9.17) is 0 Å². The average Bonchev–Trinajstić information content (AvgIpc) is 3.23. The van der Waals surface area contributed by atoms with Crippen molar-refractivity contribution in [3.63, 3.8) is 0 Å². The highest BCUT2D eigenvalue weighted by atomic mass is 16.3. The molecule has 0 aromatic carbocycles. The summed E-state index contributed by atoms with van der Waals surface area (Å²) < 4.78 is 0. The van der Waals surface area contributed by atoms with Crippen molar-refractivity contribution in [2.75, 3.05) is 6.61 Å². The molecule has 0 saturated heterocycles. The van der Waals surface area contributed by atoms with Crippen molar-refractivity contribution in [3.05, 3.63) is 12.2 Å². The molecule has 0 spiro atoms. The number of hydrogen-bond donors (Lipinski definition) is 5.